The summed E-state index contributed by atoms with van der Waals surface area (Å²) in [6, 6.07) is 7.24. The number of aromatic carboxylic acids is 1. The molecule has 0 saturated carbocycles. The molecule has 0 radical (unpaired) electrons. The van der Waals surface area contributed by atoms with Gasteiger partial charge in [-0.2, -0.15) is 0 Å². The number of carboxylic acid groups (broad SMARTS) is 1. The third-order valence-electron chi connectivity index (χ3n) is 2.62. The van der Waals surface area contributed by atoms with Crippen molar-refractivity contribution < 1.29 is 19.6 Å². The number of non-ortho nitro benzene ring substituents is 1. The van der Waals surface area contributed by atoms with Crippen LogP contribution in [0.25, 0.3) is 0 Å². The number of amides is 1. The van der Waals surface area contributed by atoms with Crippen LogP contribution in [0.5, 0.6) is 0 Å². The molecule has 0 unspecified atom stereocenters. The number of thiophene rings is 1. The Labute approximate surface area is 123 Å². The van der Waals surface area contributed by atoms with E-state index in [1.165, 1.54) is 24.3 Å². The van der Waals surface area contributed by atoms with Gasteiger partial charge in [0.25, 0.3) is 5.69 Å². The number of nitro benzene ring substituents is 1. The van der Waals surface area contributed by atoms with Crippen molar-refractivity contribution in [1.29, 1.82) is 0 Å². The number of nitrogens with one attached hydrogen (secondary N) is 1. The number of nitro groups is 1. The van der Waals surface area contributed by atoms with E-state index >= 15 is 0 Å². The van der Waals surface area contributed by atoms with Gasteiger partial charge < -0.3 is 10.4 Å². The molecule has 0 atom stereocenters. The molecule has 8 heteroatoms. The molecule has 1 heterocycles. The van der Waals surface area contributed by atoms with Crippen molar-refractivity contribution in [2.45, 2.75) is 6.42 Å². The summed E-state index contributed by atoms with van der Waals surface area (Å²) in [5, 5.41) is 23.6. The van der Waals surface area contributed by atoms with E-state index in [0.29, 0.717) is 5.56 Å². The van der Waals surface area contributed by atoms with E-state index in [2.05, 4.69) is 5.32 Å². The highest BCUT2D eigenvalue weighted by atomic mass is 32.1. The van der Waals surface area contributed by atoms with Crippen LogP contribution >= 0.6 is 11.3 Å². The molecule has 0 aliphatic carbocycles. The number of nitrogens with zero attached hydrogens (tertiary/aromatic N) is 1. The number of rotatable bonds is 5. The second-order valence-electron chi connectivity index (χ2n) is 4.12. The van der Waals surface area contributed by atoms with Crippen LogP contribution in [0.1, 0.15) is 15.2 Å². The van der Waals surface area contributed by atoms with Gasteiger partial charge in [0.15, 0.2) is 0 Å². The van der Waals surface area contributed by atoms with Crippen LogP contribution in [-0.4, -0.2) is 21.9 Å². The van der Waals surface area contributed by atoms with Gasteiger partial charge in [0.05, 0.1) is 17.0 Å². The maximum Gasteiger partial charge on any atom is 0.348 e. The van der Waals surface area contributed by atoms with Crippen molar-refractivity contribution in [1.82, 2.24) is 0 Å². The number of carbonyl (C=O) groups excluding carboxylic acids is 1. The molecule has 0 bridgehead atoms. The Bertz CT molecular complexity index is 710. The van der Waals surface area contributed by atoms with E-state index in [4.69, 9.17) is 5.11 Å². The van der Waals surface area contributed by atoms with Crippen molar-refractivity contribution >= 4 is 34.6 Å². The van der Waals surface area contributed by atoms with Gasteiger partial charge in [0.1, 0.15) is 4.88 Å². The summed E-state index contributed by atoms with van der Waals surface area (Å²) >= 11 is 1.01. The molecule has 21 heavy (non-hydrogen) atoms. The minimum atomic E-state index is -1.12. The number of anilines is 1. The van der Waals surface area contributed by atoms with E-state index in [-0.39, 0.29) is 22.7 Å². The molecule has 1 aromatic heterocycles. The van der Waals surface area contributed by atoms with E-state index < -0.39 is 16.8 Å². The van der Waals surface area contributed by atoms with E-state index in [1.54, 1.807) is 11.4 Å². The second kappa shape index (κ2) is 6.14. The fourth-order valence-electron chi connectivity index (χ4n) is 1.73. The van der Waals surface area contributed by atoms with Crippen molar-refractivity contribution in [3.63, 3.8) is 0 Å². The summed E-state index contributed by atoms with van der Waals surface area (Å²) in [5.41, 5.74) is 0.610. The molecule has 0 saturated heterocycles. The van der Waals surface area contributed by atoms with Gasteiger partial charge in [-0.05, 0) is 17.0 Å². The molecule has 1 aromatic carbocycles. The first-order chi connectivity index (χ1) is 9.97. The Morgan fingerprint density at radius 3 is 2.76 bits per heavy atom. The van der Waals surface area contributed by atoms with Gasteiger partial charge in [-0.3, -0.25) is 14.9 Å². The molecule has 0 aliphatic heterocycles. The van der Waals surface area contributed by atoms with Crippen LogP contribution in [0.3, 0.4) is 0 Å². The lowest BCUT2D eigenvalue weighted by molar-refractivity contribution is -0.384. The summed E-state index contributed by atoms with van der Waals surface area (Å²) in [5.74, 6) is -1.55. The highest BCUT2D eigenvalue weighted by Gasteiger charge is 2.15. The van der Waals surface area contributed by atoms with E-state index in [1.807, 2.05) is 0 Å². The molecule has 0 aliphatic rings. The minimum Gasteiger partial charge on any atom is -0.477 e. The van der Waals surface area contributed by atoms with Crippen LogP contribution in [0.2, 0.25) is 0 Å². The highest BCUT2D eigenvalue weighted by molar-refractivity contribution is 7.12. The summed E-state index contributed by atoms with van der Waals surface area (Å²) in [6.07, 6.45) is -0.0728. The van der Waals surface area contributed by atoms with Gasteiger partial charge >= 0.3 is 5.97 Å². The van der Waals surface area contributed by atoms with E-state index in [9.17, 15) is 19.7 Å². The standard InChI is InChI=1S/C13H10N2O5S/c16-11(14-10-4-5-21-12(10)13(17)18)7-8-2-1-3-9(6-8)15(19)20/h1-6H,7H2,(H,14,16)(H,17,18). The topological polar surface area (TPSA) is 110 Å². The summed E-state index contributed by atoms with van der Waals surface area (Å²) in [4.78, 5) is 33.0. The molecule has 0 spiro atoms. The highest BCUT2D eigenvalue weighted by Crippen LogP contribution is 2.22. The Morgan fingerprint density at radius 2 is 2.10 bits per heavy atom. The van der Waals surface area contributed by atoms with Gasteiger partial charge in [-0.15, -0.1) is 11.3 Å². The SMILES string of the molecule is O=C(Cc1cccc([N+](=O)[O-])c1)Nc1ccsc1C(=O)O. The van der Waals surface area contributed by atoms with Crippen molar-refractivity contribution in [2.75, 3.05) is 5.32 Å². The zero-order valence-corrected chi connectivity index (χ0v) is 11.4. The van der Waals surface area contributed by atoms with E-state index in [0.717, 1.165) is 11.3 Å². The van der Waals surface area contributed by atoms with Crippen LogP contribution in [0.4, 0.5) is 11.4 Å². The lowest BCUT2D eigenvalue weighted by Crippen LogP contribution is -2.15. The average molecular weight is 306 g/mol. The van der Waals surface area contributed by atoms with Crippen molar-refractivity contribution in [3.8, 4) is 0 Å². The lowest BCUT2D eigenvalue weighted by Gasteiger charge is -2.04. The third-order valence-corrected chi connectivity index (χ3v) is 3.52. The average Bonchev–Trinajstić information content (AvgIpc) is 2.87. The molecule has 7 nitrogen and oxygen atoms in total. The largest absolute Gasteiger partial charge is 0.477 e. The summed E-state index contributed by atoms with van der Waals surface area (Å²) < 4.78 is 0. The normalized spacial score (nSPS) is 10.1. The van der Waals surface area contributed by atoms with Crippen LogP contribution in [0.15, 0.2) is 35.7 Å². The van der Waals surface area contributed by atoms with Crippen molar-refractivity contribution in [3.05, 3.63) is 56.3 Å². The number of benzene rings is 1. The number of carbonyl (C=O) groups is 2. The van der Waals surface area contributed by atoms with Crippen LogP contribution in [-0.2, 0) is 11.2 Å². The van der Waals surface area contributed by atoms with Gasteiger partial charge in [0.2, 0.25) is 5.91 Å². The van der Waals surface area contributed by atoms with Gasteiger partial charge in [-0.25, -0.2) is 4.79 Å². The smallest absolute Gasteiger partial charge is 0.348 e. The Kier molecular flexibility index (Phi) is 4.29. The molecule has 0 fully saturated rings. The molecule has 2 aromatic rings. The molecular formula is C13H10N2O5S. The Hall–Kier alpha value is -2.74. The first kappa shape index (κ1) is 14.7. The first-order valence-corrected chi connectivity index (χ1v) is 6.69. The zero-order chi connectivity index (χ0) is 15.4. The predicted octanol–water partition coefficient (Wildman–Crippen LogP) is 2.54. The monoisotopic (exact) mass is 306 g/mol. The Morgan fingerprint density at radius 1 is 1.33 bits per heavy atom. The Balaban J connectivity index is 2.08. The molecule has 1 amide bonds. The molecular weight excluding hydrogens is 296 g/mol. The predicted molar refractivity (Wildman–Crippen MR) is 76.7 cm³/mol. The summed E-state index contributed by atoms with van der Waals surface area (Å²) in [6.45, 7) is 0. The maximum absolute atomic E-state index is 11.9. The lowest BCUT2D eigenvalue weighted by atomic mass is 10.1. The number of carboxylic acids is 1. The fraction of sp³-hybridized carbons (Fsp3) is 0.0769. The zero-order valence-electron chi connectivity index (χ0n) is 10.6. The quantitative estimate of drug-likeness (QED) is 0.651. The molecule has 108 valence electrons. The fourth-order valence-corrected chi connectivity index (χ4v) is 2.42. The number of hydrogen-bond acceptors (Lipinski definition) is 5. The van der Waals surface area contributed by atoms with Crippen molar-refractivity contribution in [2.24, 2.45) is 0 Å². The second-order valence-corrected chi connectivity index (χ2v) is 5.04. The minimum absolute atomic E-state index is 0.0439. The summed E-state index contributed by atoms with van der Waals surface area (Å²) in [7, 11) is 0. The van der Waals surface area contributed by atoms with Gasteiger partial charge in [-0.1, -0.05) is 12.1 Å². The maximum atomic E-state index is 11.9. The molecule has 2 N–H and O–H groups in total. The number of hydrogen-bond donors (Lipinski definition) is 2. The third kappa shape index (κ3) is 3.63. The van der Waals surface area contributed by atoms with Crippen LogP contribution < -0.4 is 5.32 Å². The molecule has 2 rings (SSSR count). The van der Waals surface area contributed by atoms with Crippen LogP contribution in [0, 0.1) is 10.1 Å². The van der Waals surface area contributed by atoms with Gasteiger partial charge in [0, 0.05) is 12.1 Å². The first-order valence-electron chi connectivity index (χ1n) is 5.81.